The molecule has 182 valence electrons. The van der Waals surface area contributed by atoms with E-state index in [4.69, 9.17) is 5.73 Å². The molecule has 4 aromatic rings. The largest absolute Gasteiger partial charge is 0.505 e. The number of rotatable bonds is 7. The smallest absolute Gasteiger partial charge is 0.296 e. The Morgan fingerprint density at radius 3 is 2.33 bits per heavy atom. The van der Waals surface area contributed by atoms with Crippen molar-refractivity contribution in [1.29, 1.82) is 0 Å². The number of hydrogen-bond acceptors (Lipinski definition) is 8. The Morgan fingerprint density at radius 2 is 1.67 bits per heavy atom. The fourth-order valence-corrected chi connectivity index (χ4v) is 4.27. The number of anilines is 1. The van der Waals surface area contributed by atoms with Crippen molar-refractivity contribution in [2.75, 3.05) is 5.73 Å². The third kappa shape index (κ3) is 5.29. The van der Waals surface area contributed by atoms with Crippen LogP contribution in [0.2, 0.25) is 0 Å². The van der Waals surface area contributed by atoms with Crippen LogP contribution in [-0.2, 0) is 16.5 Å². The van der Waals surface area contributed by atoms with Gasteiger partial charge in [-0.3, -0.25) is 4.55 Å². The Morgan fingerprint density at radius 1 is 0.944 bits per heavy atom. The third-order valence-corrected chi connectivity index (χ3v) is 6.24. The summed E-state index contributed by atoms with van der Waals surface area (Å²) in [7, 11) is -4.74. The molecule has 0 aliphatic rings. The van der Waals surface area contributed by atoms with Gasteiger partial charge in [0.15, 0.2) is 5.75 Å². The molecule has 9 nitrogen and oxygen atoms in total. The number of fused-ring (bicyclic) bond motifs is 1. The quantitative estimate of drug-likeness (QED) is 0.105. The van der Waals surface area contributed by atoms with E-state index in [1.165, 1.54) is 18.2 Å². The molecule has 0 spiro atoms. The fraction of sp³-hybridized carbons (Fsp3) is 0.0769. The second kappa shape index (κ2) is 10.1. The van der Waals surface area contributed by atoms with Gasteiger partial charge in [-0.1, -0.05) is 36.4 Å². The van der Waals surface area contributed by atoms with E-state index in [-0.39, 0.29) is 22.1 Å². The van der Waals surface area contributed by atoms with Gasteiger partial charge < -0.3 is 10.8 Å². The summed E-state index contributed by atoms with van der Waals surface area (Å²) >= 11 is 0. The van der Waals surface area contributed by atoms with Gasteiger partial charge >= 0.3 is 0 Å². The standard InChI is InChI=1S/C26H23N5O4S/c1-3-5-17-8-11-19(12-9-17)28-30-21-13-10-18-15-22(36(33,34)35)25(26(32)23(18)24(21)27)31-29-20-7-4-6-16(2)14-20/h3-4,6-15,32H,1,5,27H2,2H3,(H,33,34,35). The number of aromatic hydroxyl groups is 1. The Labute approximate surface area is 208 Å². The van der Waals surface area contributed by atoms with Gasteiger partial charge in [-0.15, -0.1) is 16.8 Å². The third-order valence-electron chi connectivity index (χ3n) is 5.37. The molecule has 0 bridgehead atoms. The van der Waals surface area contributed by atoms with Crippen LogP contribution < -0.4 is 5.73 Å². The molecule has 4 rings (SSSR count). The summed E-state index contributed by atoms with van der Waals surface area (Å²) in [6, 6.07) is 18.7. The highest BCUT2D eigenvalue weighted by atomic mass is 32.2. The normalized spacial score (nSPS) is 12.1. The van der Waals surface area contributed by atoms with Gasteiger partial charge in [0, 0.05) is 0 Å². The van der Waals surface area contributed by atoms with Gasteiger partial charge in [0.25, 0.3) is 10.1 Å². The number of nitrogens with zero attached hydrogens (tertiary/aromatic N) is 4. The lowest BCUT2D eigenvalue weighted by atomic mass is 10.1. The zero-order valence-corrected chi connectivity index (χ0v) is 20.1. The first-order valence-corrected chi connectivity index (χ1v) is 12.3. The van der Waals surface area contributed by atoms with Crippen LogP contribution in [0.1, 0.15) is 11.1 Å². The summed E-state index contributed by atoms with van der Waals surface area (Å²) in [6.07, 6.45) is 2.55. The molecular weight excluding hydrogens is 478 g/mol. The highest BCUT2D eigenvalue weighted by molar-refractivity contribution is 7.86. The minimum absolute atomic E-state index is 0.0610. The number of aryl methyl sites for hydroxylation is 1. The number of nitrogen functional groups attached to an aromatic ring is 1. The molecule has 0 saturated heterocycles. The van der Waals surface area contributed by atoms with E-state index < -0.39 is 26.5 Å². The average molecular weight is 502 g/mol. The van der Waals surface area contributed by atoms with Gasteiger partial charge in [0.1, 0.15) is 16.3 Å². The number of phenolic OH excluding ortho intramolecular Hbond substituents is 1. The number of benzene rings is 4. The van der Waals surface area contributed by atoms with Crippen molar-refractivity contribution in [1.82, 2.24) is 0 Å². The number of azo groups is 2. The molecule has 0 fully saturated rings. The monoisotopic (exact) mass is 501 g/mol. The van der Waals surface area contributed by atoms with Crippen LogP contribution in [0.4, 0.5) is 28.4 Å². The first kappa shape index (κ1) is 24.7. The molecular formula is C26H23N5O4S. The van der Waals surface area contributed by atoms with E-state index in [9.17, 15) is 18.1 Å². The average Bonchev–Trinajstić information content (AvgIpc) is 2.83. The topological polar surface area (TPSA) is 150 Å². The predicted molar refractivity (Wildman–Crippen MR) is 140 cm³/mol. The maximum atomic E-state index is 12.1. The Bertz CT molecular complexity index is 1630. The van der Waals surface area contributed by atoms with Crippen molar-refractivity contribution in [3.05, 3.63) is 90.5 Å². The highest BCUT2D eigenvalue weighted by Crippen LogP contribution is 2.46. The van der Waals surface area contributed by atoms with Crippen LogP contribution in [0.25, 0.3) is 10.8 Å². The van der Waals surface area contributed by atoms with Gasteiger partial charge in [0.05, 0.1) is 22.4 Å². The molecule has 0 aromatic heterocycles. The lowest BCUT2D eigenvalue weighted by Crippen LogP contribution is -2.00. The molecule has 0 unspecified atom stereocenters. The lowest BCUT2D eigenvalue weighted by molar-refractivity contribution is 0.472. The summed E-state index contributed by atoms with van der Waals surface area (Å²) in [5.74, 6) is -0.556. The first-order valence-electron chi connectivity index (χ1n) is 10.8. The Hall–Kier alpha value is -4.41. The minimum atomic E-state index is -4.74. The van der Waals surface area contributed by atoms with Crippen molar-refractivity contribution in [3.63, 3.8) is 0 Å². The van der Waals surface area contributed by atoms with Crippen LogP contribution >= 0.6 is 0 Å². The first-order chi connectivity index (χ1) is 17.2. The summed E-state index contributed by atoms with van der Waals surface area (Å²) in [6.45, 7) is 5.58. The molecule has 4 N–H and O–H groups in total. The van der Waals surface area contributed by atoms with Gasteiger partial charge in [-0.2, -0.15) is 18.6 Å². The molecule has 0 aliphatic heterocycles. The SMILES string of the molecule is C=CCc1ccc(N=Nc2ccc3cc(S(=O)(=O)O)c(N=Nc4cccc(C)c4)c(O)c3c2N)cc1. The fourth-order valence-electron chi connectivity index (χ4n) is 3.61. The molecule has 0 radical (unpaired) electrons. The van der Waals surface area contributed by atoms with Crippen molar-refractivity contribution in [3.8, 4) is 5.75 Å². The minimum Gasteiger partial charge on any atom is -0.505 e. The van der Waals surface area contributed by atoms with E-state index in [1.54, 1.807) is 36.4 Å². The van der Waals surface area contributed by atoms with E-state index in [0.717, 1.165) is 17.5 Å². The zero-order chi connectivity index (χ0) is 25.9. The summed E-state index contributed by atoms with van der Waals surface area (Å²) in [5, 5.41) is 27.7. The van der Waals surface area contributed by atoms with Crippen molar-refractivity contribution < 1.29 is 18.1 Å². The number of phenols is 1. The summed E-state index contributed by atoms with van der Waals surface area (Å²) in [4.78, 5) is -0.600. The van der Waals surface area contributed by atoms with E-state index >= 15 is 0 Å². The second-order valence-electron chi connectivity index (χ2n) is 8.04. The molecule has 0 atom stereocenters. The zero-order valence-electron chi connectivity index (χ0n) is 19.3. The molecule has 0 saturated carbocycles. The van der Waals surface area contributed by atoms with E-state index in [0.29, 0.717) is 11.4 Å². The molecule has 4 aromatic carbocycles. The molecule has 0 aliphatic carbocycles. The Balaban J connectivity index is 1.81. The summed E-state index contributed by atoms with van der Waals surface area (Å²) in [5.41, 5.74) is 9.21. The van der Waals surface area contributed by atoms with Crippen LogP contribution in [0.3, 0.4) is 0 Å². The Kier molecular flexibility index (Phi) is 6.91. The number of hydrogen-bond donors (Lipinski definition) is 3. The van der Waals surface area contributed by atoms with Crippen molar-refractivity contribution in [2.45, 2.75) is 18.2 Å². The maximum Gasteiger partial charge on any atom is 0.296 e. The lowest BCUT2D eigenvalue weighted by Gasteiger charge is -2.11. The van der Waals surface area contributed by atoms with Crippen LogP contribution in [-0.4, -0.2) is 18.1 Å². The maximum absolute atomic E-state index is 12.1. The number of allylic oxidation sites excluding steroid dienone is 1. The molecule has 0 heterocycles. The van der Waals surface area contributed by atoms with Gasteiger partial charge in [-0.25, -0.2) is 0 Å². The van der Waals surface area contributed by atoms with Crippen molar-refractivity contribution in [2.24, 2.45) is 20.5 Å². The number of nitrogens with two attached hydrogens (primary N) is 1. The highest BCUT2D eigenvalue weighted by Gasteiger charge is 2.24. The molecule has 36 heavy (non-hydrogen) atoms. The molecule has 10 heteroatoms. The van der Waals surface area contributed by atoms with Gasteiger partial charge in [0.2, 0.25) is 0 Å². The summed E-state index contributed by atoms with van der Waals surface area (Å²) < 4.78 is 33.9. The van der Waals surface area contributed by atoms with Crippen molar-refractivity contribution >= 4 is 49.3 Å². The van der Waals surface area contributed by atoms with Crippen LogP contribution in [0, 0.1) is 6.92 Å². The van der Waals surface area contributed by atoms with Gasteiger partial charge in [-0.05, 0) is 66.3 Å². The predicted octanol–water partition coefficient (Wildman–Crippen LogP) is 7.24. The molecule has 0 amide bonds. The van der Waals surface area contributed by atoms with E-state index in [1.807, 2.05) is 25.1 Å². The second-order valence-corrected chi connectivity index (χ2v) is 9.43. The van der Waals surface area contributed by atoms with Crippen LogP contribution in [0.5, 0.6) is 5.75 Å². The van der Waals surface area contributed by atoms with Crippen LogP contribution in [0.15, 0.2) is 105 Å². The van der Waals surface area contributed by atoms with E-state index in [2.05, 4.69) is 27.0 Å².